The van der Waals surface area contributed by atoms with Gasteiger partial charge < -0.3 is 9.73 Å². The van der Waals surface area contributed by atoms with E-state index in [1.165, 1.54) is 17.4 Å². The maximum absolute atomic E-state index is 12.2. The normalized spacial score (nSPS) is 24.7. The predicted octanol–water partition coefficient (Wildman–Crippen LogP) is 2.93. The van der Waals surface area contributed by atoms with Gasteiger partial charge in [-0.05, 0) is 30.4 Å². The van der Waals surface area contributed by atoms with E-state index >= 15 is 0 Å². The van der Waals surface area contributed by atoms with E-state index in [0.717, 1.165) is 11.9 Å². The fraction of sp³-hybridized carbons (Fsp3) is 0.556. The molecular formula is C18H24N2O3. The largest absolute Gasteiger partial charge is 0.419 e. The van der Waals surface area contributed by atoms with E-state index in [-0.39, 0.29) is 11.9 Å². The molecule has 0 unspecified atom stereocenters. The van der Waals surface area contributed by atoms with Gasteiger partial charge in [0.15, 0.2) is 5.58 Å². The molecule has 0 spiro atoms. The zero-order valence-corrected chi connectivity index (χ0v) is 13.7. The van der Waals surface area contributed by atoms with E-state index in [9.17, 15) is 9.59 Å². The van der Waals surface area contributed by atoms with Crippen LogP contribution in [0, 0.1) is 11.8 Å². The average Bonchev–Trinajstić information content (AvgIpc) is 2.85. The Morgan fingerprint density at radius 1 is 1.30 bits per heavy atom. The minimum absolute atomic E-state index is 0.00753. The Kier molecular flexibility index (Phi) is 4.55. The first-order chi connectivity index (χ1) is 11.1. The number of para-hydroxylation sites is 2. The fourth-order valence-corrected chi connectivity index (χ4v) is 3.50. The highest BCUT2D eigenvalue weighted by atomic mass is 16.4. The Hall–Kier alpha value is -2.04. The second kappa shape index (κ2) is 6.60. The molecule has 1 amide bonds. The molecule has 23 heavy (non-hydrogen) atoms. The summed E-state index contributed by atoms with van der Waals surface area (Å²) in [5, 5.41) is 3.14. The van der Waals surface area contributed by atoms with Gasteiger partial charge in [-0.2, -0.15) is 0 Å². The Morgan fingerprint density at radius 3 is 2.91 bits per heavy atom. The molecule has 0 saturated heterocycles. The van der Waals surface area contributed by atoms with Gasteiger partial charge in [0.2, 0.25) is 5.91 Å². The molecule has 0 bridgehead atoms. The van der Waals surface area contributed by atoms with Crippen LogP contribution in [0.2, 0.25) is 0 Å². The van der Waals surface area contributed by atoms with E-state index in [0.29, 0.717) is 30.4 Å². The predicted molar refractivity (Wildman–Crippen MR) is 89.2 cm³/mol. The number of nitrogens with one attached hydrogen (secondary N) is 1. The molecule has 1 aromatic heterocycles. The summed E-state index contributed by atoms with van der Waals surface area (Å²) in [6.45, 7) is 4.81. The number of carbonyl (C=O) groups is 1. The van der Waals surface area contributed by atoms with Crippen molar-refractivity contribution in [1.29, 1.82) is 0 Å². The summed E-state index contributed by atoms with van der Waals surface area (Å²) < 4.78 is 6.72. The van der Waals surface area contributed by atoms with E-state index in [1.54, 1.807) is 6.07 Å². The third-order valence-electron chi connectivity index (χ3n) is 5.19. The first kappa shape index (κ1) is 15.8. The van der Waals surface area contributed by atoms with Crippen molar-refractivity contribution in [2.45, 2.75) is 52.1 Å². The van der Waals surface area contributed by atoms with Gasteiger partial charge in [0.1, 0.15) is 0 Å². The van der Waals surface area contributed by atoms with Gasteiger partial charge in [-0.1, -0.05) is 38.8 Å². The summed E-state index contributed by atoms with van der Waals surface area (Å²) in [5.41, 5.74) is 1.30. The SMILES string of the molecule is C[C@H]1[C@H](C)CCC[C@@H]1NC(=O)CCn1c(=O)oc2ccccc21. The quantitative estimate of drug-likeness (QED) is 0.943. The zero-order chi connectivity index (χ0) is 16.4. The number of rotatable bonds is 4. The second-order valence-corrected chi connectivity index (χ2v) is 6.68. The van der Waals surface area contributed by atoms with Gasteiger partial charge in [0, 0.05) is 19.0 Å². The topological polar surface area (TPSA) is 64.2 Å². The summed E-state index contributed by atoms with van der Waals surface area (Å²) in [4.78, 5) is 24.1. The van der Waals surface area contributed by atoms with E-state index in [1.807, 2.05) is 18.2 Å². The summed E-state index contributed by atoms with van der Waals surface area (Å²) in [5.74, 6) is 0.756. The molecule has 124 valence electrons. The standard InChI is InChI=1S/C18H24N2O3/c1-12-6-5-7-14(13(12)2)19-17(21)10-11-20-15-8-3-4-9-16(15)23-18(20)22/h3-4,8-9,12-14H,5-7,10-11H2,1-2H3,(H,19,21)/t12-,13+,14+/m1/s1. The Balaban J connectivity index is 1.62. The number of benzene rings is 1. The molecule has 3 rings (SSSR count). The first-order valence-electron chi connectivity index (χ1n) is 8.44. The number of aromatic nitrogens is 1. The van der Waals surface area contributed by atoms with Gasteiger partial charge >= 0.3 is 5.76 Å². The molecule has 1 N–H and O–H groups in total. The van der Waals surface area contributed by atoms with Gasteiger partial charge in [-0.25, -0.2) is 4.79 Å². The van der Waals surface area contributed by atoms with E-state index in [2.05, 4.69) is 19.2 Å². The minimum atomic E-state index is -0.404. The average molecular weight is 316 g/mol. The highest BCUT2D eigenvalue weighted by molar-refractivity contribution is 5.77. The van der Waals surface area contributed by atoms with Crippen LogP contribution in [0.25, 0.3) is 11.1 Å². The van der Waals surface area contributed by atoms with E-state index < -0.39 is 5.76 Å². The lowest BCUT2D eigenvalue weighted by Gasteiger charge is -2.34. The van der Waals surface area contributed by atoms with Crippen LogP contribution in [-0.2, 0) is 11.3 Å². The molecule has 0 aliphatic heterocycles. The molecule has 1 aliphatic carbocycles. The highest BCUT2D eigenvalue weighted by Gasteiger charge is 2.28. The highest BCUT2D eigenvalue weighted by Crippen LogP contribution is 2.29. The van der Waals surface area contributed by atoms with E-state index in [4.69, 9.17) is 4.42 Å². The third kappa shape index (κ3) is 3.33. The first-order valence-corrected chi connectivity index (χ1v) is 8.44. The summed E-state index contributed by atoms with van der Waals surface area (Å²) in [7, 11) is 0. The molecule has 5 heteroatoms. The molecule has 1 saturated carbocycles. The number of carbonyl (C=O) groups excluding carboxylic acids is 1. The van der Waals surface area contributed by atoms with Crippen LogP contribution in [0.3, 0.4) is 0 Å². The molecule has 1 fully saturated rings. The van der Waals surface area contributed by atoms with Gasteiger partial charge in [-0.15, -0.1) is 0 Å². The molecule has 1 heterocycles. The lowest BCUT2D eigenvalue weighted by molar-refractivity contribution is -0.122. The second-order valence-electron chi connectivity index (χ2n) is 6.68. The number of oxazole rings is 1. The van der Waals surface area contributed by atoms with Crippen molar-refractivity contribution in [2.75, 3.05) is 0 Å². The monoisotopic (exact) mass is 316 g/mol. The molecule has 3 atom stereocenters. The Labute approximate surface area is 135 Å². The number of nitrogens with zero attached hydrogens (tertiary/aromatic N) is 1. The van der Waals surface area contributed by atoms with Crippen LogP contribution < -0.4 is 11.1 Å². The fourth-order valence-electron chi connectivity index (χ4n) is 3.50. The summed E-state index contributed by atoms with van der Waals surface area (Å²) in [6, 6.07) is 7.54. The van der Waals surface area contributed by atoms with Gasteiger partial charge in [0.05, 0.1) is 5.52 Å². The Morgan fingerprint density at radius 2 is 2.09 bits per heavy atom. The van der Waals surface area contributed by atoms with Crippen molar-refractivity contribution in [3.8, 4) is 0 Å². The van der Waals surface area contributed by atoms with Crippen LogP contribution in [0.4, 0.5) is 0 Å². The van der Waals surface area contributed by atoms with Crippen molar-refractivity contribution in [1.82, 2.24) is 9.88 Å². The molecular weight excluding hydrogens is 292 g/mol. The van der Waals surface area contributed by atoms with Gasteiger partial charge in [0.25, 0.3) is 0 Å². The van der Waals surface area contributed by atoms with Crippen molar-refractivity contribution >= 4 is 17.0 Å². The maximum atomic E-state index is 12.2. The van der Waals surface area contributed by atoms with Crippen LogP contribution in [0.15, 0.2) is 33.5 Å². The number of hydrogen-bond acceptors (Lipinski definition) is 3. The Bertz CT molecular complexity index is 746. The van der Waals surface area contributed by atoms with Crippen molar-refractivity contribution in [3.63, 3.8) is 0 Å². The molecule has 1 aliphatic rings. The lowest BCUT2D eigenvalue weighted by Crippen LogP contribution is -2.44. The van der Waals surface area contributed by atoms with Crippen LogP contribution >= 0.6 is 0 Å². The smallest absolute Gasteiger partial charge is 0.408 e. The van der Waals surface area contributed by atoms with Crippen molar-refractivity contribution in [3.05, 3.63) is 34.8 Å². The maximum Gasteiger partial charge on any atom is 0.419 e. The summed E-state index contributed by atoms with van der Waals surface area (Å²) in [6.07, 6.45) is 3.75. The zero-order valence-electron chi connectivity index (χ0n) is 13.7. The van der Waals surface area contributed by atoms with Gasteiger partial charge in [-0.3, -0.25) is 9.36 Å². The molecule has 5 nitrogen and oxygen atoms in total. The van der Waals surface area contributed by atoms with Crippen LogP contribution in [0.1, 0.15) is 39.5 Å². The third-order valence-corrected chi connectivity index (χ3v) is 5.19. The minimum Gasteiger partial charge on any atom is -0.408 e. The van der Waals surface area contributed by atoms with Crippen LogP contribution in [-0.4, -0.2) is 16.5 Å². The molecule has 2 aromatic rings. The van der Waals surface area contributed by atoms with Crippen LogP contribution in [0.5, 0.6) is 0 Å². The lowest BCUT2D eigenvalue weighted by atomic mass is 9.78. The van der Waals surface area contributed by atoms with Crippen molar-refractivity contribution < 1.29 is 9.21 Å². The number of amides is 1. The summed E-state index contributed by atoms with van der Waals surface area (Å²) >= 11 is 0. The number of hydrogen-bond donors (Lipinski definition) is 1. The number of aryl methyl sites for hydroxylation is 1. The molecule has 1 aromatic carbocycles. The van der Waals surface area contributed by atoms with Crippen molar-refractivity contribution in [2.24, 2.45) is 11.8 Å². The molecule has 0 radical (unpaired) electrons. The number of fused-ring (bicyclic) bond motifs is 1.